The molecule has 2 N–H and O–H groups in total. The number of hydrogen-bond donors (Lipinski definition) is 1. The van der Waals surface area contributed by atoms with Crippen LogP contribution in [0.1, 0.15) is 26.1 Å². The number of rotatable bonds is 2. The molecule has 0 radical (unpaired) electrons. The minimum Gasteiger partial charge on any atom is -0.343 e. The standard InChI is InChI=1S/C6H11N3O.ClH/c1-3-6(2,7)5-8-4-10-9-5;/h4H,3,7H2,1-2H3;1H. The average Bonchev–Trinajstić information content (AvgIpc) is 2.38. The van der Waals surface area contributed by atoms with E-state index in [0.717, 1.165) is 6.42 Å². The maximum absolute atomic E-state index is 5.80. The molecule has 5 heteroatoms. The van der Waals surface area contributed by atoms with Gasteiger partial charge in [0, 0.05) is 0 Å². The fourth-order valence-corrected chi connectivity index (χ4v) is 0.580. The Morgan fingerprint density at radius 1 is 1.73 bits per heavy atom. The van der Waals surface area contributed by atoms with E-state index in [2.05, 4.69) is 14.7 Å². The van der Waals surface area contributed by atoms with Crippen molar-refractivity contribution in [2.75, 3.05) is 0 Å². The van der Waals surface area contributed by atoms with Crippen LogP contribution in [-0.4, -0.2) is 10.1 Å². The molecule has 4 nitrogen and oxygen atoms in total. The van der Waals surface area contributed by atoms with Crippen molar-refractivity contribution >= 4 is 12.4 Å². The van der Waals surface area contributed by atoms with E-state index in [1.807, 2.05) is 13.8 Å². The van der Waals surface area contributed by atoms with Crippen LogP contribution >= 0.6 is 12.4 Å². The lowest BCUT2D eigenvalue weighted by Gasteiger charge is -2.16. The summed E-state index contributed by atoms with van der Waals surface area (Å²) in [6, 6.07) is 0. The van der Waals surface area contributed by atoms with Crippen molar-refractivity contribution in [2.24, 2.45) is 5.73 Å². The van der Waals surface area contributed by atoms with Crippen LogP contribution < -0.4 is 5.73 Å². The van der Waals surface area contributed by atoms with Gasteiger partial charge in [-0.15, -0.1) is 12.4 Å². The van der Waals surface area contributed by atoms with E-state index >= 15 is 0 Å². The maximum atomic E-state index is 5.80. The van der Waals surface area contributed by atoms with Gasteiger partial charge in [0.25, 0.3) is 0 Å². The van der Waals surface area contributed by atoms with Gasteiger partial charge in [0.2, 0.25) is 6.39 Å². The second-order valence-corrected chi connectivity index (χ2v) is 2.53. The number of hydrogen-bond acceptors (Lipinski definition) is 4. The zero-order valence-corrected chi connectivity index (χ0v) is 7.39. The zero-order valence-electron chi connectivity index (χ0n) is 6.57. The van der Waals surface area contributed by atoms with E-state index in [4.69, 9.17) is 5.73 Å². The van der Waals surface area contributed by atoms with Crippen LogP contribution in [0.2, 0.25) is 0 Å². The molecule has 1 rings (SSSR count). The SMILES string of the molecule is CCC(C)(N)c1ncon1.Cl. The van der Waals surface area contributed by atoms with Crippen LogP contribution in [0.25, 0.3) is 0 Å². The first-order valence-electron chi connectivity index (χ1n) is 3.22. The summed E-state index contributed by atoms with van der Waals surface area (Å²) in [6.07, 6.45) is 2.09. The Morgan fingerprint density at radius 2 is 2.36 bits per heavy atom. The molecule has 1 atom stereocenters. The topological polar surface area (TPSA) is 64.9 Å². The lowest BCUT2D eigenvalue weighted by Crippen LogP contribution is -2.33. The van der Waals surface area contributed by atoms with Gasteiger partial charge in [-0.3, -0.25) is 0 Å². The van der Waals surface area contributed by atoms with Crippen LogP contribution in [-0.2, 0) is 5.54 Å². The van der Waals surface area contributed by atoms with E-state index in [1.54, 1.807) is 0 Å². The normalized spacial score (nSPS) is 15.2. The highest BCUT2D eigenvalue weighted by Gasteiger charge is 2.22. The highest BCUT2D eigenvalue weighted by Crippen LogP contribution is 2.15. The third-order valence-corrected chi connectivity index (χ3v) is 1.61. The molecule has 0 amide bonds. The fourth-order valence-electron chi connectivity index (χ4n) is 0.580. The Kier molecular flexibility index (Phi) is 3.48. The third kappa shape index (κ3) is 2.17. The van der Waals surface area contributed by atoms with Gasteiger partial charge in [-0.05, 0) is 13.3 Å². The highest BCUT2D eigenvalue weighted by molar-refractivity contribution is 5.85. The molecule has 0 saturated carbocycles. The number of nitrogens with zero attached hydrogens (tertiary/aromatic N) is 2. The predicted octanol–water partition coefficient (Wildman–Crippen LogP) is 1.08. The Morgan fingerprint density at radius 3 is 2.73 bits per heavy atom. The Balaban J connectivity index is 0.000001000. The largest absolute Gasteiger partial charge is 0.343 e. The van der Waals surface area contributed by atoms with Gasteiger partial charge in [0.1, 0.15) is 0 Å². The van der Waals surface area contributed by atoms with Crippen molar-refractivity contribution in [2.45, 2.75) is 25.8 Å². The Hall–Kier alpha value is -0.610. The smallest absolute Gasteiger partial charge is 0.213 e. The molecule has 0 saturated heterocycles. The molecule has 64 valence electrons. The Bertz CT molecular complexity index is 198. The molecule has 1 unspecified atom stereocenters. The van der Waals surface area contributed by atoms with Crippen molar-refractivity contribution < 1.29 is 4.52 Å². The van der Waals surface area contributed by atoms with E-state index in [1.165, 1.54) is 6.39 Å². The summed E-state index contributed by atoms with van der Waals surface area (Å²) in [5.74, 6) is 0.565. The first-order chi connectivity index (χ1) is 4.67. The first kappa shape index (κ1) is 10.4. The predicted molar refractivity (Wildman–Crippen MR) is 43.4 cm³/mol. The monoisotopic (exact) mass is 177 g/mol. The van der Waals surface area contributed by atoms with Gasteiger partial charge < -0.3 is 10.3 Å². The molecule has 0 bridgehead atoms. The number of nitrogens with two attached hydrogens (primary N) is 1. The van der Waals surface area contributed by atoms with Crippen LogP contribution in [0.4, 0.5) is 0 Å². The highest BCUT2D eigenvalue weighted by atomic mass is 35.5. The molecule has 0 aliphatic heterocycles. The van der Waals surface area contributed by atoms with Crippen molar-refractivity contribution in [3.8, 4) is 0 Å². The average molecular weight is 178 g/mol. The van der Waals surface area contributed by atoms with E-state index in [9.17, 15) is 0 Å². The quantitative estimate of drug-likeness (QED) is 0.734. The fraction of sp³-hybridized carbons (Fsp3) is 0.667. The van der Waals surface area contributed by atoms with Crippen molar-refractivity contribution in [3.63, 3.8) is 0 Å². The first-order valence-corrected chi connectivity index (χ1v) is 3.22. The molecule has 1 aromatic heterocycles. The zero-order chi connectivity index (χ0) is 7.61. The molecule has 1 heterocycles. The van der Waals surface area contributed by atoms with Gasteiger partial charge >= 0.3 is 0 Å². The van der Waals surface area contributed by atoms with Crippen molar-refractivity contribution in [1.29, 1.82) is 0 Å². The molecule has 1 aromatic rings. The number of aromatic nitrogens is 2. The second-order valence-electron chi connectivity index (χ2n) is 2.53. The minimum atomic E-state index is -0.451. The van der Waals surface area contributed by atoms with E-state index < -0.39 is 5.54 Å². The molecule has 0 aliphatic carbocycles. The summed E-state index contributed by atoms with van der Waals surface area (Å²) in [4.78, 5) is 3.86. The van der Waals surface area contributed by atoms with E-state index in [0.29, 0.717) is 5.82 Å². The minimum absolute atomic E-state index is 0. The summed E-state index contributed by atoms with van der Waals surface area (Å²) in [6.45, 7) is 3.86. The van der Waals surface area contributed by atoms with Gasteiger partial charge in [0.05, 0.1) is 5.54 Å². The van der Waals surface area contributed by atoms with Crippen LogP contribution in [0.5, 0.6) is 0 Å². The van der Waals surface area contributed by atoms with Gasteiger partial charge in [-0.2, -0.15) is 4.98 Å². The van der Waals surface area contributed by atoms with Crippen LogP contribution in [0.3, 0.4) is 0 Å². The Labute approximate surface area is 71.6 Å². The second kappa shape index (κ2) is 3.69. The summed E-state index contributed by atoms with van der Waals surface area (Å²) < 4.78 is 4.56. The summed E-state index contributed by atoms with van der Waals surface area (Å²) in [7, 11) is 0. The molecule has 11 heavy (non-hydrogen) atoms. The summed E-state index contributed by atoms with van der Waals surface area (Å²) in [5.41, 5.74) is 5.35. The maximum Gasteiger partial charge on any atom is 0.213 e. The van der Waals surface area contributed by atoms with Crippen LogP contribution in [0.15, 0.2) is 10.9 Å². The lowest BCUT2D eigenvalue weighted by molar-refractivity contribution is 0.373. The van der Waals surface area contributed by atoms with Crippen molar-refractivity contribution in [1.82, 2.24) is 10.1 Å². The van der Waals surface area contributed by atoms with Gasteiger partial charge in [-0.25, -0.2) is 0 Å². The van der Waals surface area contributed by atoms with E-state index in [-0.39, 0.29) is 12.4 Å². The molecule has 0 spiro atoms. The van der Waals surface area contributed by atoms with Gasteiger partial charge in [0.15, 0.2) is 5.82 Å². The van der Waals surface area contributed by atoms with Crippen molar-refractivity contribution in [3.05, 3.63) is 12.2 Å². The molecule has 0 fully saturated rings. The molecular weight excluding hydrogens is 166 g/mol. The molecular formula is C6H12ClN3O. The lowest BCUT2D eigenvalue weighted by atomic mass is 10.0. The summed E-state index contributed by atoms with van der Waals surface area (Å²) >= 11 is 0. The molecule has 0 aliphatic rings. The third-order valence-electron chi connectivity index (χ3n) is 1.61. The number of halogens is 1. The van der Waals surface area contributed by atoms with Crippen LogP contribution in [0, 0.1) is 0 Å². The molecule has 0 aromatic carbocycles. The van der Waals surface area contributed by atoms with Gasteiger partial charge in [-0.1, -0.05) is 12.1 Å². The summed E-state index contributed by atoms with van der Waals surface area (Å²) in [5, 5.41) is 3.65.